The fourth-order valence-electron chi connectivity index (χ4n) is 0.508. The van der Waals surface area contributed by atoms with Crippen molar-refractivity contribution < 1.29 is 22.6 Å². The van der Waals surface area contributed by atoms with Gasteiger partial charge in [-0.05, 0) is 13.8 Å². The fraction of sp³-hybridized carbons (Fsp3) is 0.714. The number of rotatable bonds is 1. The predicted octanol–water partition coefficient (Wildman–Crippen LogP) is -0.294. The standard InChI is InChI=1S/C4H5NO2.C3H8O3S/c6-3-1-2-4(7)5-3;1-3(2)7(4,5)6/h1-2H2,(H,5,6,7);3H,1-2H3,(H,4,5,6). The maximum absolute atomic E-state index is 10.1. The minimum Gasteiger partial charge on any atom is -0.296 e. The van der Waals surface area contributed by atoms with Crippen LogP contribution in [0.4, 0.5) is 0 Å². The van der Waals surface area contributed by atoms with Gasteiger partial charge >= 0.3 is 0 Å². The zero-order chi connectivity index (χ0) is 11.4. The highest BCUT2D eigenvalue weighted by Crippen LogP contribution is 1.95. The van der Waals surface area contributed by atoms with Crippen molar-refractivity contribution in [1.29, 1.82) is 0 Å². The summed E-state index contributed by atoms with van der Waals surface area (Å²) < 4.78 is 27.8. The Morgan fingerprint density at radius 3 is 1.57 bits per heavy atom. The molecule has 0 aromatic carbocycles. The molecule has 0 aromatic heterocycles. The predicted molar refractivity (Wildman–Crippen MR) is 49.1 cm³/mol. The fourth-order valence-corrected chi connectivity index (χ4v) is 0.508. The molecule has 1 aliphatic heterocycles. The van der Waals surface area contributed by atoms with Gasteiger partial charge in [0.15, 0.2) is 0 Å². The normalized spacial score (nSPS) is 16.3. The molecule has 7 heteroatoms. The average molecular weight is 223 g/mol. The van der Waals surface area contributed by atoms with E-state index in [4.69, 9.17) is 4.55 Å². The highest BCUT2D eigenvalue weighted by molar-refractivity contribution is 7.86. The molecular weight excluding hydrogens is 210 g/mol. The summed E-state index contributed by atoms with van der Waals surface area (Å²) in [6, 6.07) is 0. The zero-order valence-corrected chi connectivity index (χ0v) is 8.80. The van der Waals surface area contributed by atoms with Gasteiger partial charge in [0.1, 0.15) is 0 Å². The lowest BCUT2D eigenvalue weighted by atomic mass is 10.4. The molecule has 1 aliphatic rings. The molecule has 0 unspecified atom stereocenters. The van der Waals surface area contributed by atoms with E-state index in [9.17, 15) is 18.0 Å². The molecule has 0 atom stereocenters. The highest BCUT2D eigenvalue weighted by Gasteiger charge is 2.15. The molecule has 1 heterocycles. The third kappa shape index (κ3) is 5.65. The van der Waals surface area contributed by atoms with Crippen molar-refractivity contribution in [1.82, 2.24) is 5.32 Å². The summed E-state index contributed by atoms with van der Waals surface area (Å²) in [6.45, 7) is 2.82. The van der Waals surface area contributed by atoms with Crippen LogP contribution in [0.5, 0.6) is 0 Å². The van der Waals surface area contributed by atoms with E-state index in [0.29, 0.717) is 12.8 Å². The molecule has 82 valence electrons. The molecule has 1 rings (SSSR count). The van der Waals surface area contributed by atoms with E-state index < -0.39 is 15.4 Å². The summed E-state index contributed by atoms with van der Waals surface area (Å²) in [7, 11) is -3.74. The smallest absolute Gasteiger partial charge is 0.267 e. The van der Waals surface area contributed by atoms with Crippen molar-refractivity contribution >= 4 is 21.9 Å². The first-order chi connectivity index (χ1) is 6.23. The van der Waals surface area contributed by atoms with Crippen LogP contribution in [0.2, 0.25) is 0 Å². The average Bonchev–Trinajstić information content (AvgIpc) is 2.33. The zero-order valence-electron chi connectivity index (χ0n) is 7.98. The first-order valence-corrected chi connectivity index (χ1v) is 5.52. The van der Waals surface area contributed by atoms with E-state index >= 15 is 0 Å². The minimum atomic E-state index is -3.74. The Balaban J connectivity index is 0.000000241. The molecule has 0 bridgehead atoms. The van der Waals surface area contributed by atoms with Gasteiger partial charge in [0.05, 0.1) is 5.25 Å². The van der Waals surface area contributed by atoms with Gasteiger partial charge in [0.2, 0.25) is 11.8 Å². The highest BCUT2D eigenvalue weighted by atomic mass is 32.2. The van der Waals surface area contributed by atoms with E-state index in [-0.39, 0.29) is 11.8 Å². The number of carbonyl (C=O) groups is 2. The first kappa shape index (κ1) is 13.1. The summed E-state index contributed by atoms with van der Waals surface area (Å²) in [4.78, 5) is 20.2. The van der Waals surface area contributed by atoms with Gasteiger partial charge < -0.3 is 0 Å². The second-order valence-corrected chi connectivity index (χ2v) is 5.01. The molecule has 1 saturated heterocycles. The van der Waals surface area contributed by atoms with Crippen molar-refractivity contribution in [3.8, 4) is 0 Å². The van der Waals surface area contributed by atoms with Gasteiger partial charge in [-0.15, -0.1) is 0 Å². The van der Waals surface area contributed by atoms with E-state index in [0.717, 1.165) is 0 Å². The van der Waals surface area contributed by atoms with Gasteiger partial charge in [0.25, 0.3) is 10.1 Å². The Kier molecular flexibility index (Phi) is 4.72. The Bertz CT molecular complexity index is 305. The molecule has 2 N–H and O–H groups in total. The maximum Gasteiger partial charge on any atom is 0.267 e. The lowest BCUT2D eigenvalue weighted by molar-refractivity contribution is -0.124. The van der Waals surface area contributed by atoms with Gasteiger partial charge in [-0.25, -0.2) is 0 Å². The second kappa shape index (κ2) is 5.06. The van der Waals surface area contributed by atoms with Crippen LogP contribution >= 0.6 is 0 Å². The van der Waals surface area contributed by atoms with E-state index in [1.807, 2.05) is 0 Å². The molecule has 0 spiro atoms. The molecule has 1 fully saturated rings. The van der Waals surface area contributed by atoms with E-state index in [1.54, 1.807) is 0 Å². The third-order valence-electron chi connectivity index (χ3n) is 1.45. The lowest BCUT2D eigenvalue weighted by Crippen LogP contribution is -2.18. The second-order valence-electron chi connectivity index (χ2n) is 3.04. The van der Waals surface area contributed by atoms with Crippen molar-refractivity contribution in [3.63, 3.8) is 0 Å². The lowest BCUT2D eigenvalue weighted by Gasteiger charge is -1.94. The molecule has 0 saturated carbocycles. The summed E-state index contributed by atoms with van der Waals surface area (Å²) in [5.74, 6) is -0.296. The number of imide groups is 1. The molecule has 14 heavy (non-hydrogen) atoms. The summed E-state index contributed by atoms with van der Waals surface area (Å²) in [5.41, 5.74) is 0. The van der Waals surface area contributed by atoms with Gasteiger partial charge in [-0.3, -0.25) is 19.5 Å². The monoisotopic (exact) mass is 223 g/mol. The molecule has 6 nitrogen and oxygen atoms in total. The number of nitrogens with one attached hydrogen (secondary N) is 1. The maximum atomic E-state index is 10.1. The van der Waals surface area contributed by atoms with Crippen molar-refractivity contribution in [2.75, 3.05) is 0 Å². The SMILES string of the molecule is CC(C)S(=O)(=O)O.O=C1CCC(=O)N1. The van der Waals surface area contributed by atoms with Crippen LogP contribution in [0.25, 0.3) is 0 Å². The van der Waals surface area contributed by atoms with Crippen LogP contribution in [0.3, 0.4) is 0 Å². The Labute approximate surface area is 82.4 Å². The van der Waals surface area contributed by atoms with Crippen LogP contribution in [0.1, 0.15) is 26.7 Å². The summed E-state index contributed by atoms with van der Waals surface area (Å²) >= 11 is 0. The molecule has 2 amide bonds. The number of amides is 2. The topological polar surface area (TPSA) is 101 Å². The number of carbonyl (C=O) groups excluding carboxylic acids is 2. The van der Waals surface area contributed by atoms with Crippen LogP contribution in [-0.2, 0) is 19.7 Å². The first-order valence-electron chi connectivity index (χ1n) is 4.02. The number of hydrogen-bond acceptors (Lipinski definition) is 4. The van der Waals surface area contributed by atoms with Crippen LogP contribution in [-0.4, -0.2) is 30.0 Å². The molecule has 0 aromatic rings. The molecule has 0 radical (unpaired) electrons. The summed E-state index contributed by atoms with van der Waals surface area (Å²) in [5, 5.41) is 1.47. The summed E-state index contributed by atoms with van der Waals surface area (Å²) in [6.07, 6.45) is 0.748. The third-order valence-corrected chi connectivity index (χ3v) is 2.65. The van der Waals surface area contributed by atoms with Crippen LogP contribution in [0.15, 0.2) is 0 Å². The molecule has 0 aliphatic carbocycles. The van der Waals surface area contributed by atoms with Gasteiger partial charge in [-0.1, -0.05) is 0 Å². The Morgan fingerprint density at radius 2 is 1.50 bits per heavy atom. The quantitative estimate of drug-likeness (QED) is 0.469. The Morgan fingerprint density at radius 1 is 1.21 bits per heavy atom. The van der Waals surface area contributed by atoms with Crippen LogP contribution in [0, 0.1) is 0 Å². The van der Waals surface area contributed by atoms with Crippen molar-refractivity contribution in [2.45, 2.75) is 31.9 Å². The van der Waals surface area contributed by atoms with Crippen molar-refractivity contribution in [3.05, 3.63) is 0 Å². The van der Waals surface area contributed by atoms with Crippen molar-refractivity contribution in [2.24, 2.45) is 0 Å². The minimum absolute atomic E-state index is 0.148. The van der Waals surface area contributed by atoms with Gasteiger partial charge in [0, 0.05) is 12.8 Å². The largest absolute Gasteiger partial charge is 0.296 e. The number of hydrogen-bond donors (Lipinski definition) is 2. The Hall–Kier alpha value is -0.950. The van der Waals surface area contributed by atoms with E-state index in [1.165, 1.54) is 13.8 Å². The molecular formula is C7H13NO5S. The van der Waals surface area contributed by atoms with Crippen LogP contribution < -0.4 is 5.32 Å². The van der Waals surface area contributed by atoms with E-state index in [2.05, 4.69) is 5.32 Å². The van der Waals surface area contributed by atoms with Gasteiger partial charge in [-0.2, -0.15) is 8.42 Å².